The Labute approximate surface area is 60.6 Å². The first-order chi connectivity index (χ1) is 4.93. The van der Waals surface area contributed by atoms with Gasteiger partial charge in [0.25, 0.3) is 0 Å². The summed E-state index contributed by atoms with van der Waals surface area (Å²) in [5.74, 6) is 8.91. The summed E-state index contributed by atoms with van der Waals surface area (Å²) in [6.07, 6.45) is 0. The molecule has 0 bridgehead atoms. The van der Waals surface area contributed by atoms with Crippen LogP contribution in [0.25, 0.3) is 0 Å². The molecule has 0 fully saturated rings. The standard InChI is InChI=1S/C7H8O.H4N2/c1-8-7-5-3-2-4-6-7;1-2/h2-6H,1H3;1-2H2. The zero-order valence-electron chi connectivity index (χ0n) is 5.95. The Hall–Kier alpha value is -1.06. The SMILES string of the molecule is COc1ccccc1.NN. The first kappa shape index (κ1) is 8.94. The van der Waals surface area contributed by atoms with Crippen LogP contribution in [-0.2, 0) is 0 Å². The lowest BCUT2D eigenvalue weighted by molar-refractivity contribution is 0.415. The van der Waals surface area contributed by atoms with Crippen molar-refractivity contribution in [1.29, 1.82) is 0 Å². The van der Waals surface area contributed by atoms with Crippen molar-refractivity contribution in [2.24, 2.45) is 11.7 Å². The molecule has 0 spiro atoms. The molecule has 3 heteroatoms. The number of hydrogen-bond acceptors (Lipinski definition) is 3. The molecule has 0 saturated carbocycles. The van der Waals surface area contributed by atoms with Gasteiger partial charge in [0, 0.05) is 0 Å². The lowest BCUT2D eigenvalue weighted by atomic mass is 10.3. The third kappa shape index (κ3) is 3.06. The van der Waals surface area contributed by atoms with E-state index >= 15 is 0 Å². The Kier molecular flexibility index (Phi) is 5.42. The van der Waals surface area contributed by atoms with Crippen LogP contribution < -0.4 is 16.4 Å². The van der Waals surface area contributed by atoms with Gasteiger partial charge in [-0.05, 0) is 12.1 Å². The van der Waals surface area contributed by atoms with Gasteiger partial charge in [-0.3, -0.25) is 11.7 Å². The summed E-state index contributed by atoms with van der Waals surface area (Å²) in [4.78, 5) is 0. The highest BCUT2D eigenvalue weighted by Gasteiger charge is 1.80. The molecular weight excluding hydrogens is 128 g/mol. The summed E-state index contributed by atoms with van der Waals surface area (Å²) in [6, 6.07) is 9.68. The molecule has 1 rings (SSSR count). The quantitative estimate of drug-likeness (QED) is 0.441. The highest BCUT2D eigenvalue weighted by atomic mass is 16.5. The Balaban J connectivity index is 0.000000371. The van der Waals surface area contributed by atoms with E-state index in [1.807, 2.05) is 30.3 Å². The molecule has 0 radical (unpaired) electrons. The molecule has 0 heterocycles. The number of nitrogens with two attached hydrogens (primary N) is 2. The first-order valence-corrected chi connectivity index (χ1v) is 2.86. The molecule has 0 aliphatic heterocycles. The Morgan fingerprint density at radius 3 is 1.90 bits per heavy atom. The molecule has 1 aromatic carbocycles. The molecule has 0 aliphatic carbocycles. The average molecular weight is 140 g/mol. The third-order valence-corrected chi connectivity index (χ3v) is 0.979. The molecule has 10 heavy (non-hydrogen) atoms. The number of para-hydroxylation sites is 1. The fourth-order valence-electron chi connectivity index (χ4n) is 0.557. The second kappa shape index (κ2) is 6.07. The van der Waals surface area contributed by atoms with Crippen LogP contribution >= 0.6 is 0 Å². The van der Waals surface area contributed by atoms with E-state index in [4.69, 9.17) is 4.74 Å². The number of hydrogen-bond donors (Lipinski definition) is 2. The van der Waals surface area contributed by atoms with Crippen molar-refractivity contribution in [2.45, 2.75) is 0 Å². The van der Waals surface area contributed by atoms with E-state index in [0.717, 1.165) is 5.75 Å². The predicted molar refractivity (Wildman–Crippen MR) is 41.4 cm³/mol. The fraction of sp³-hybridized carbons (Fsp3) is 0.143. The molecular formula is C7H12N2O. The third-order valence-electron chi connectivity index (χ3n) is 0.979. The molecule has 0 unspecified atom stereocenters. The molecule has 1 aromatic rings. The summed E-state index contributed by atoms with van der Waals surface area (Å²) < 4.78 is 4.91. The van der Waals surface area contributed by atoms with Crippen molar-refractivity contribution in [3.8, 4) is 5.75 Å². The molecule has 3 nitrogen and oxygen atoms in total. The first-order valence-electron chi connectivity index (χ1n) is 2.86. The predicted octanol–water partition coefficient (Wildman–Crippen LogP) is 0.514. The van der Waals surface area contributed by atoms with Gasteiger partial charge in [-0.2, -0.15) is 0 Å². The summed E-state index contributed by atoms with van der Waals surface area (Å²) in [5, 5.41) is 0. The smallest absolute Gasteiger partial charge is 0.118 e. The highest BCUT2D eigenvalue weighted by molar-refractivity contribution is 5.20. The monoisotopic (exact) mass is 140 g/mol. The molecule has 0 amide bonds. The molecule has 0 aromatic heterocycles. The van der Waals surface area contributed by atoms with Gasteiger partial charge in [0.15, 0.2) is 0 Å². The zero-order valence-corrected chi connectivity index (χ0v) is 5.95. The Bertz CT molecular complexity index is 153. The minimum Gasteiger partial charge on any atom is -0.497 e. The van der Waals surface area contributed by atoms with Gasteiger partial charge in [0.05, 0.1) is 7.11 Å². The number of hydrazine groups is 1. The van der Waals surface area contributed by atoms with E-state index in [1.165, 1.54) is 0 Å². The van der Waals surface area contributed by atoms with Gasteiger partial charge in [0.1, 0.15) is 5.75 Å². The van der Waals surface area contributed by atoms with Crippen LogP contribution in [-0.4, -0.2) is 7.11 Å². The largest absolute Gasteiger partial charge is 0.497 e. The summed E-state index contributed by atoms with van der Waals surface area (Å²) in [7, 11) is 1.66. The van der Waals surface area contributed by atoms with Gasteiger partial charge in [0.2, 0.25) is 0 Å². The van der Waals surface area contributed by atoms with Crippen molar-refractivity contribution >= 4 is 0 Å². The summed E-state index contributed by atoms with van der Waals surface area (Å²) >= 11 is 0. The minimum atomic E-state index is 0.910. The number of rotatable bonds is 1. The van der Waals surface area contributed by atoms with Crippen LogP contribution in [0.1, 0.15) is 0 Å². The zero-order chi connectivity index (χ0) is 7.82. The molecule has 4 N–H and O–H groups in total. The maximum atomic E-state index is 4.91. The highest BCUT2D eigenvalue weighted by Crippen LogP contribution is 2.05. The van der Waals surface area contributed by atoms with Crippen LogP contribution in [0.15, 0.2) is 30.3 Å². The average Bonchev–Trinajstić information content (AvgIpc) is 2.10. The van der Waals surface area contributed by atoms with E-state index in [2.05, 4.69) is 11.7 Å². The lowest BCUT2D eigenvalue weighted by Gasteiger charge is -1.93. The molecule has 0 aliphatic rings. The molecule has 0 saturated heterocycles. The second-order valence-corrected chi connectivity index (χ2v) is 1.52. The maximum absolute atomic E-state index is 4.91. The number of methoxy groups -OCH3 is 1. The second-order valence-electron chi connectivity index (χ2n) is 1.52. The van der Waals surface area contributed by atoms with Crippen molar-refractivity contribution in [3.63, 3.8) is 0 Å². The van der Waals surface area contributed by atoms with Crippen molar-refractivity contribution in [1.82, 2.24) is 0 Å². The Morgan fingerprint density at radius 1 is 1.10 bits per heavy atom. The van der Waals surface area contributed by atoms with E-state index in [9.17, 15) is 0 Å². The van der Waals surface area contributed by atoms with Crippen LogP contribution in [0, 0.1) is 0 Å². The molecule has 0 atom stereocenters. The van der Waals surface area contributed by atoms with Crippen molar-refractivity contribution < 1.29 is 4.74 Å². The van der Waals surface area contributed by atoms with Crippen LogP contribution in [0.4, 0.5) is 0 Å². The van der Waals surface area contributed by atoms with Crippen molar-refractivity contribution in [2.75, 3.05) is 7.11 Å². The normalized spacial score (nSPS) is 7.50. The van der Waals surface area contributed by atoms with Gasteiger partial charge < -0.3 is 4.74 Å². The lowest BCUT2D eigenvalue weighted by Crippen LogP contribution is -2.02. The summed E-state index contributed by atoms with van der Waals surface area (Å²) in [5.41, 5.74) is 0. The van der Waals surface area contributed by atoms with E-state index in [1.54, 1.807) is 7.11 Å². The van der Waals surface area contributed by atoms with E-state index in [0.29, 0.717) is 0 Å². The van der Waals surface area contributed by atoms with Crippen molar-refractivity contribution in [3.05, 3.63) is 30.3 Å². The van der Waals surface area contributed by atoms with E-state index in [-0.39, 0.29) is 0 Å². The van der Waals surface area contributed by atoms with Crippen LogP contribution in [0.5, 0.6) is 5.75 Å². The number of ether oxygens (including phenoxy) is 1. The summed E-state index contributed by atoms with van der Waals surface area (Å²) in [6.45, 7) is 0. The molecule has 56 valence electrons. The number of benzene rings is 1. The Morgan fingerprint density at radius 2 is 1.60 bits per heavy atom. The fourth-order valence-corrected chi connectivity index (χ4v) is 0.557. The van der Waals surface area contributed by atoms with Gasteiger partial charge in [-0.15, -0.1) is 0 Å². The van der Waals surface area contributed by atoms with Gasteiger partial charge >= 0.3 is 0 Å². The minimum absolute atomic E-state index is 0.910. The van der Waals surface area contributed by atoms with Crippen LogP contribution in [0.3, 0.4) is 0 Å². The topological polar surface area (TPSA) is 61.3 Å². The van der Waals surface area contributed by atoms with Crippen LogP contribution in [0.2, 0.25) is 0 Å². The van der Waals surface area contributed by atoms with Gasteiger partial charge in [-0.25, -0.2) is 0 Å². The maximum Gasteiger partial charge on any atom is 0.118 e. The van der Waals surface area contributed by atoms with E-state index < -0.39 is 0 Å². The van der Waals surface area contributed by atoms with Gasteiger partial charge in [-0.1, -0.05) is 18.2 Å².